The zero-order chi connectivity index (χ0) is 19.4. The highest BCUT2D eigenvalue weighted by molar-refractivity contribution is 5.70. The summed E-state index contributed by atoms with van der Waals surface area (Å²) in [5.41, 5.74) is 1.25. The Labute approximate surface area is 157 Å². The lowest BCUT2D eigenvalue weighted by Crippen LogP contribution is -2.21. The molecular weight excluding hydrogens is 348 g/mol. The van der Waals surface area contributed by atoms with Gasteiger partial charge in [0.15, 0.2) is 0 Å². The maximum absolute atomic E-state index is 11.4. The van der Waals surface area contributed by atoms with Crippen molar-refractivity contribution in [2.75, 3.05) is 44.9 Å². The molecule has 1 heterocycles. The Morgan fingerprint density at radius 1 is 1.30 bits per heavy atom. The molecule has 0 radical (unpaired) electrons. The van der Waals surface area contributed by atoms with E-state index in [1.54, 1.807) is 12.1 Å². The van der Waals surface area contributed by atoms with E-state index in [-0.39, 0.29) is 5.69 Å². The highest BCUT2D eigenvalue weighted by atomic mass is 16.6. The first-order valence-electron chi connectivity index (χ1n) is 8.83. The van der Waals surface area contributed by atoms with Gasteiger partial charge in [0, 0.05) is 25.1 Å². The van der Waals surface area contributed by atoms with Crippen LogP contribution < -0.4 is 15.4 Å². The topological polar surface area (TPSA) is 105 Å². The van der Waals surface area contributed by atoms with Gasteiger partial charge in [-0.05, 0) is 39.1 Å². The second-order valence-corrected chi connectivity index (χ2v) is 6.77. The van der Waals surface area contributed by atoms with Crippen molar-refractivity contribution < 1.29 is 9.66 Å². The fraction of sp³-hybridized carbons (Fsp3) is 0.444. The summed E-state index contributed by atoms with van der Waals surface area (Å²) in [4.78, 5) is 22.1. The molecule has 27 heavy (non-hydrogen) atoms. The molecule has 1 saturated carbocycles. The van der Waals surface area contributed by atoms with Crippen molar-refractivity contribution >= 4 is 23.1 Å². The van der Waals surface area contributed by atoms with Gasteiger partial charge in [-0.3, -0.25) is 10.1 Å². The highest BCUT2D eigenvalue weighted by Gasteiger charge is 2.26. The Hall–Kier alpha value is -2.94. The molecule has 0 spiro atoms. The van der Waals surface area contributed by atoms with Crippen molar-refractivity contribution in [1.29, 1.82) is 0 Å². The van der Waals surface area contributed by atoms with E-state index in [2.05, 4.69) is 25.5 Å². The standard InChI is InChI=1S/C18H24N6O3/c1-23(2)9-8-19-18-21-15(12-4-5-12)11-17(22-18)20-14-7-6-13(27-3)10-16(14)24(25)26/h6-7,10-12H,4-5,8-9H2,1-3H3,(H2,19,20,21,22). The summed E-state index contributed by atoms with van der Waals surface area (Å²) in [6.45, 7) is 1.56. The maximum atomic E-state index is 11.4. The molecule has 0 amide bonds. The maximum Gasteiger partial charge on any atom is 0.296 e. The molecule has 1 fully saturated rings. The Kier molecular flexibility index (Phi) is 5.70. The number of nitrogens with one attached hydrogen (secondary N) is 2. The van der Waals surface area contributed by atoms with E-state index in [4.69, 9.17) is 4.74 Å². The molecule has 0 saturated heterocycles. The number of nitrogens with zero attached hydrogens (tertiary/aromatic N) is 4. The molecule has 1 aromatic carbocycles. The Bertz CT molecular complexity index is 823. The zero-order valence-corrected chi connectivity index (χ0v) is 15.7. The van der Waals surface area contributed by atoms with Gasteiger partial charge in [-0.1, -0.05) is 0 Å². The van der Waals surface area contributed by atoms with Crippen molar-refractivity contribution in [2.45, 2.75) is 18.8 Å². The average molecular weight is 372 g/mol. The smallest absolute Gasteiger partial charge is 0.296 e. The number of likely N-dealkylation sites (N-methyl/N-ethyl adjacent to an activating group) is 1. The monoisotopic (exact) mass is 372 g/mol. The second-order valence-electron chi connectivity index (χ2n) is 6.77. The fourth-order valence-electron chi connectivity index (χ4n) is 2.62. The van der Waals surface area contributed by atoms with Gasteiger partial charge in [0.2, 0.25) is 5.95 Å². The minimum atomic E-state index is -0.440. The second kappa shape index (κ2) is 8.17. The van der Waals surface area contributed by atoms with Gasteiger partial charge in [-0.15, -0.1) is 0 Å². The van der Waals surface area contributed by atoms with Gasteiger partial charge in [0.25, 0.3) is 5.69 Å². The van der Waals surface area contributed by atoms with Crippen molar-refractivity contribution in [3.63, 3.8) is 0 Å². The molecule has 0 unspecified atom stereocenters. The van der Waals surface area contributed by atoms with Crippen LogP contribution in [-0.2, 0) is 0 Å². The third-order valence-electron chi connectivity index (χ3n) is 4.25. The number of aromatic nitrogens is 2. The Morgan fingerprint density at radius 3 is 2.70 bits per heavy atom. The molecule has 9 heteroatoms. The van der Waals surface area contributed by atoms with Crippen LogP contribution in [0.3, 0.4) is 0 Å². The number of methoxy groups -OCH3 is 1. The van der Waals surface area contributed by atoms with E-state index >= 15 is 0 Å². The number of hydrogen-bond donors (Lipinski definition) is 2. The summed E-state index contributed by atoms with van der Waals surface area (Å²) in [7, 11) is 5.47. The van der Waals surface area contributed by atoms with Crippen molar-refractivity contribution in [1.82, 2.24) is 14.9 Å². The van der Waals surface area contributed by atoms with Crippen LogP contribution in [0.25, 0.3) is 0 Å². The van der Waals surface area contributed by atoms with Gasteiger partial charge < -0.3 is 20.3 Å². The summed E-state index contributed by atoms with van der Waals surface area (Å²) in [5, 5.41) is 17.7. The van der Waals surface area contributed by atoms with E-state index in [1.165, 1.54) is 13.2 Å². The van der Waals surface area contributed by atoms with Crippen molar-refractivity contribution in [3.8, 4) is 5.75 Å². The molecule has 9 nitrogen and oxygen atoms in total. The van der Waals surface area contributed by atoms with Crippen molar-refractivity contribution in [3.05, 3.63) is 40.1 Å². The number of anilines is 3. The van der Waals surface area contributed by atoms with E-state index in [1.807, 2.05) is 20.2 Å². The van der Waals surface area contributed by atoms with Crippen LogP contribution >= 0.6 is 0 Å². The van der Waals surface area contributed by atoms with E-state index in [9.17, 15) is 10.1 Å². The molecule has 1 aliphatic rings. The average Bonchev–Trinajstić information content (AvgIpc) is 3.46. The van der Waals surface area contributed by atoms with Gasteiger partial charge in [-0.2, -0.15) is 4.98 Å². The number of nitro benzene ring substituents is 1. The van der Waals surface area contributed by atoms with E-state index < -0.39 is 4.92 Å². The molecular formula is C18H24N6O3. The lowest BCUT2D eigenvalue weighted by atomic mass is 10.2. The van der Waals surface area contributed by atoms with Crippen LogP contribution in [-0.4, -0.2) is 54.1 Å². The van der Waals surface area contributed by atoms with E-state index in [0.717, 1.165) is 25.1 Å². The highest BCUT2D eigenvalue weighted by Crippen LogP contribution is 2.40. The molecule has 1 aromatic heterocycles. The molecule has 2 N–H and O–H groups in total. The zero-order valence-electron chi connectivity index (χ0n) is 15.7. The molecule has 1 aliphatic carbocycles. The number of nitro groups is 1. The molecule has 144 valence electrons. The van der Waals surface area contributed by atoms with Gasteiger partial charge in [0.05, 0.1) is 23.8 Å². The van der Waals surface area contributed by atoms with Crippen LogP contribution in [0.2, 0.25) is 0 Å². The third kappa shape index (κ3) is 5.04. The largest absolute Gasteiger partial charge is 0.496 e. The fourth-order valence-corrected chi connectivity index (χ4v) is 2.62. The van der Waals surface area contributed by atoms with E-state index in [0.29, 0.717) is 35.7 Å². The molecule has 0 bridgehead atoms. The summed E-state index contributed by atoms with van der Waals surface area (Å²) in [6, 6.07) is 6.55. The number of rotatable bonds is 9. The van der Waals surface area contributed by atoms with Crippen LogP contribution in [0.4, 0.5) is 23.1 Å². The van der Waals surface area contributed by atoms with Crippen LogP contribution in [0, 0.1) is 10.1 Å². The van der Waals surface area contributed by atoms with Gasteiger partial charge >= 0.3 is 0 Å². The number of ether oxygens (including phenoxy) is 1. The first kappa shape index (κ1) is 18.8. The summed E-state index contributed by atoms with van der Waals surface area (Å²) < 4.78 is 5.08. The van der Waals surface area contributed by atoms with Gasteiger partial charge in [0.1, 0.15) is 17.3 Å². The summed E-state index contributed by atoms with van der Waals surface area (Å²) in [6.07, 6.45) is 2.21. The molecule has 0 aliphatic heterocycles. The Balaban J connectivity index is 1.85. The summed E-state index contributed by atoms with van der Waals surface area (Å²) >= 11 is 0. The van der Waals surface area contributed by atoms with Crippen LogP contribution in [0.1, 0.15) is 24.5 Å². The predicted molar refractivity (Wildman–Crippen MR) is 104 cm³/mol. The quantitative estimate of drug-likeness (QED) is 0.511. The van der Waals surface area contributed by atoms with Crippen LogP contribution in [0.15, 0.2) is 24.3 Å². The van der Waals surface area contributed by atoms with Crippen LogP contribution in [0.5, 0.6) is 5.75 Å². The minimum absolute atomic E-state index is 0.0666. The SMILES string of the molecule is COc1ccc(Nc2cc(C3CC3)nc(NCCN(C)C)n2)c([N+](=O)[O-])c1. The minimum Gasteiger partial charge on any atom is -0.496 e. The predicted octanol–water partition coefficient (Wildman–Crippen LogP) is 2.99. The normalized spacial score (nSPS) is 13.5. The molecule has 0 atom stereocenters. The van der Waals surface area contributed by atoms with Gasteiger partial charge in [-0.25, -0.2) is 4.98 Å². The summed E-state index contributed by atoms with van der Waals surface area (Å²) in [5.74, 6) is 1.93. The number of hydrogen-bond acceptors (Lipinski definition) is 8. The molecule has 3 rings (SSSR count). The first-order valence-corrected chi connectivity index (χ1v) is 8.83. The number of benzene rings is 1. The molecule has 2 aromatic rings. The third-order valence-corrected chi connectivity index (χ3v) is 4.25. The lowest BCUT2D eigenvalue weighted by molar-refractivity contribution is -0.384. The lowest BCUT2D eigenvalue weighted by Gasteiger charge is -2.13. The first-order chi connectivity index (χ1) is 13.0. The van der Waals surface area contributed by atoms with Crippen molar-refractivity contribution in [2.24, 2.45) is 0 Å². The Morgan fingerprint density at radius 2 is 2.07 bits per heavy atom.